The second-order valence-electron chi connectivity index (χ2n) is 2.68. The molecule has 1 heterocycles. The highest BCUT2D eigenvalue weighted by Gasteiger charge is 2.05. The van der Waals surface area contributed by atoms with E-state index in [1.54, 1.807) is 0 Å². The summed E-state index contributed by atoms with van der Waals surface area (Å²) in [6.07, 6.45) is 0. The number of hydrogen-bond acceptors (Lipinski definition) is 2. The summed E-state index contributed by atoms with van der Waals surface area (Å²) in [5, 5.41) is 8.96. The van der Waals surface area contributed by atoms with E-state index in [1.165, 1.54) is 11.3 Å². The van der Waals surface area contributed by atoms with Gasteiger partial charge in [0.05, 0.1) is 4.88 Å². The van der Waals surface area contributed by atoms with E-state index in [-0.39, 0.29) is 5.84 Å². The maximum absolute atomic E-state index is 7.28. The smallest absolute Gasteiger partial charge is 0.133 e. The number of thiophene rings is 1. The molecule has 3 N–H and O–H groups in total. The lowest BCUT2D eigenvalue weighted by Gasteiger charge is -1.89. The van der Waals surface area contributed by atoms with Gasteiger partial charge in [-0.25, -0.2) is 0 Å². The number of benzene rings is 1. The summed E-state index contributed by atoms with van der Waals surface area (Å²) in [6, 6.07) is 7.55. The van der Waals surface area contributed by atoms with Gasteiger partial charge in [0.1, 0.15) is 5.84 Å². The Morgan fingerprint density at radius 3 is 2.85 bits per heavy atom. The molecule has 0 saturated heterocycles. The Balaban J connectivity index is 2.75. The van der Waals surface area contributed by atoms with Crippen LogP contribution in [-0.2, 0) is 0 Å². The number of amidine groups is 1. The van der Waals surface area contributed by atoms with Crippen LogP contribution in [0.4, 0.5) is 0 Å². The van der Waals surface area contributed by atoms with E-state index in [4.69, 9.17) is 22.7 Å². The maximum Gasteiger partial charge on any atom is 0.133 e. The van der Waals surface area contributed by atoms with Gasteiger partial charge in [-0.1, -0.05) is 17.7 Å². The Morgan fingerprint density at radius 1 is 1.46 bits per heavy atom. The standard InChI is InChI=1S/C9H7ClN2S/c10-6-2-1-3-7-5(6)4-8(13-7)9(11)12/h1-4H,(H3,11,12). The highest BCUT2D eigenvalue weighted by atomic mass is 35.5. The number of nitrogen functional groups attached to an aromatic ring is 1. The molecule has 4 heteroatoms. The zero-order valence-electron chi connectivity index (χ0n) is 6.67. The minimum Gasteiger partial charge on any atom is -0.383 e. The first-order chi connectivity index (χ1) is 6.18. The van der Waals surface area contributed by atoms with Crippen LogP contribution in [0.25, 0.3) is 10.1 Å². The molecule has 0 aliphatic carbocycles. The fourth-order valence-corrected chi connectivity index (χ4v) is 2.39. The van der Waals surface area contributed by atoms with Gasteiger partial charge in [0, 0.05) is 15.1 Å². The van der Waals surface area contributed by atoms with E-state index < -0.39 is 0 Å². The second-order valence-corrected chi connectivity index (χ2v) is 4.17. The first kappa shape index (κ1) is 8.53. The monoisotopic (exact) mass is 210 g/mol. The average Bonchev–Trinajstić information content (AvgIpc) is 2.49. The summed E-state index contributed by atoms with van der Waals surface area (Å²) in [6.45, 7) is 0. The molecule has 66 valence electrons. The lowest BCUT2D eigenvalue weighted by Crippen LogP contribution is -2.08. The van der Waals surface area contributed by atoms with Gasteiger partial charge in [0.25, 0.3) is 0 Å². The Labute approximate surface area is 84.4 Å². The van der Waals surface area contributed by atoms with Crippen molar-refractivity contribution in [3.8, 4) is 0 Å². The SMILES string of the molecule is N=C(N)c1cc2c(Cl)cccc2s1. The van der Waals surface area contributed by atoms with Gasteiger partial charge in [-0.3, -0.25) is 5.41 Å². The number of halogens is 1. The third kappa shape index (κ3) is 1.41. The number of nitrogens with two attached hydrogens (primary N) is 1. The van der Waals surface area contributed by atoms with E-state index in [2.05, 4.69) is 0 Å². The lowest BCUT2D eigenvalue weighted by molar-refractivity contribution is 1.46. The molecule has 13 heavy (non-hydrogen) atoms. The molecular formula is C9H7ClN2S. The van der Waals surface area contributed by atoms with Gasteiger partial charge in [0.2, 0.25) is 0 Å². The maximum atomic E-state index is 7.28. The van der Waals surface area contributed by atoms with Gasteiger partial charge >= 0.3 is 0 Å². The Morgan fingerprint density at radius 2 is 2.23 bits per heavy atom. The molecule has 0 amide bonds. The summed E-state index contributed by atoms with van der Waals surface area (Å²) in [5.74, 6) is 0.0947. The van der Waals surface area contributed by atoms with Crippen LogP contribution >= 0.6 is 22.9 Å². The molecule has 0 bridgehead atoms. The van der Waals surface area contributed by atoms with Crippen LogP contribution in [0.15, 0.2) is 24.3 Å². The average molecular weight is 211 g/mol. The van der Waals surface area contributed by atoms with Crippen LogP contribution in [0.2, 0.25) is 5.02 Å². The first-order valence-electron chi connectivity index (χ1n) is 3.71. The molecule has 0 fully saturated rings. The van der Waals surface area contributed by atoms with E-state index in [9.17, 15) is 0 Å². The lowest BCUT2D eigenvalue weighted by atomic mass is 10.2. The van der Waals surface area contributed by atoms with Crippen LogP contribution in [0.1, 0.15) is 4.88 Å². The van der Waals surface area contributed by atoms with Crippen LogP contribution < -0.4 is 5.73 Å². The number of rotatable bonds is 1. The molecule has 0 spiro atoms. The Bertz CT molecular complexity index is 475. The van der Waals surface area contributed by atoms with Crippen molar-refractivity contribution >= 4 is 38.9 Å². The normalized spacial score (nSPS) is 10.5. The van der Waals surface area contributed by atoms with E-state index in [1.807, 2.05) is 24.3 Å². The molecular weight excluding hydrogens is 204 g/mol. The predicted molar refractivity (Wildman–Crippen MR) is 57.9 cm³/mol. The Kier molecular flexibility index (Phi) is 1.98. The molecule has 0 unspecified atom stereocenters. The summed E-state index contributed by atoms with van der Waals surface area (Å²) >= 11 is 7.46. The van der Waals surface area contributed by atoms with Gasteiger partial charge in [0.15, 0.2) is 0 Å². The van der Waals surface area contributed by atoms with E-state index in [0.717, 1.165) is 15.0 Å². The van der Waals surface area contributed by atoms with Gasteiger partial charge in [-0.05, 0) is 18.2 Å². The van der Waals surface area contributed by atoms with Crippen molar-refractivity contribution in [1.29, 1.82) is 5.41 Å². The predicted octanol–water partition coefficient (Wildman–Crippen LogP) is 2.84. The molecule has 0 aliphatic rings. The van der Waals surface area contributed by atoms with Crippen LogP contribution in [0, 0.1) is 5.41 Å². The molecule has 0 saturated carbocycles. The molecule has 1 aromatic heterocycles. The fourth-order valence-electron chi connectivity index (χ4n) is 1.16. The zero-order chi connectivity index (χ0) is 9.42. The topological polar surface area (TPSA) is 49.9 Å². The number of fused-ring (bicyclic) bond motifs is 1. The fraction of sp³-hybridized carbons (Fsp3) is 0. The molecule has 2 rings (SSSR count). The second kappa shape index (κ2) is 3.01. The minimum atomic E-state index is 0.0947. The molecule has 0 radical (unpaired) electrons. The highest BCUT2D eigenvalue weighted by molar-refractivity contribution is 7.20. The zero-order valence-corrected chi connectivity index (χ0v) is 8.25. The van der Waals surface area contributed by atoms with Gasteiger partial charge in [-0.2, -0.15) is 0 Å². The van der Waals surface area contributed by atoms with Crippen LogP contribution in [-0.4, -0.2) is 5.84 Å². The minimum absolute atomic E-state index is 0.0947. The van der Waals surface area contributed by atoms with Crippen molar-refractivity contribution in [2.24, 2.45) is 5.73 Å². The Hall–Kier alpha value is -1.06. The third-order valence-corrected chi connectivity index (χ3v) is 3.24. The van der Waals surface area contributed by atoms with Crippen molar-refractivity contribution in [1.82, 2.24) is 0 Å². The van der Waals surface area contributed by atoms with Crippen molar-refractivity contribution in [2.75, 3.05) is 0 Å². The summed E-state index contributed by atoms with van der Waals surface area (Å²) < 4.78 is 1.07. The third-order valence-electron chi connectivity index (χ3n) is 1.77. The van der Waals surface area contributed by atoms with Gasteiger partial charge < -0.3 is 5.73 Å². The summed E-state index contributed by atoms with van der Waals surface area (Å²) in [7, 11) is 0. The number of hydrogen-bond donors (Lipinski definition) is 2. The van der Waals surface area contributed by atoms with Crippen molar-refractivity contribution in [3.63, 3.8) is 0 Å². The first-order valence-corrected chi connectivity index (χ1v) is 4.90. The molecule has 0 atom stereocenters. The highest BCUT2D eigenvalue weighted by Crippen LogP contribution is 2.30. The van der Waals surface area contributed by atoms with Crippen molar-refractivity contribution < 1.29 is 0 Å². The van der Waals surface area contributed by atoms with E-state index >= 15 is 0 Å². The molecule has 2 nitrogen and oxygen atoms in total. The van der Waals surface area contributed by atoms with Gasteiger partial charge in [-0.15, -0.1) is 11.3 Å². The molecule has 1 aromatic carbocycles. The van der Waals surface area contributed by atoms with Crippen molar-refractivity contribution in [2.45, 2.75) is 0 Å². The van der Waals surface area contributed by atoms with Crippen LogP contribution in [0.5, 0.6) is 0 Å². The quantitative estimate of drug-likeness (QED) is 0.552. The summed E-state index contributed by atoms with van der Waals surface area (Å²) in [5.41, 5.74) is 5.38. The largest absolute Gasteiger partial charge is 0.383 e. The molecule has 2 aromatic rings. The summed E-state index contributed by atoms with van der Waals surface area (Å²) in [4.78, 5) is 0.767. The number of nitrogens with one attached hydrogen (secondary N) is 1. The van der Waals surface area contributed by atoms with E-state index in [0.29, 0.717) is 5.02 Å². The van der Waals surface area contributed by atoms with Crippen LogP contribution in [0.3, 0.4) is 0 Å². The van der Waals surface area contributed by atoms with Crippen molar-refractivity contribution in [3.05, 3.63) is 34.2 Å². The molecule has 0 aliphatic heterocycles.